The van der Waals surface area contributed by atoms with Gasteiger partial charge < -0.3 is 10.2 Å². The predicted octanol–water partition coefficient (Wildman–Crippen LogP) is 3.60. The lowest BCUT2D eigenvalue weighted by Crippen LogP contribution is -2.44. The molecule has 6 nitrogen and oxygen atoms in total. The second-order valence-corrected chi connectivity index (χ2v) is 8.66. The van der Waals surface area contributed by atoms with Gasteiger partial charge in [-0.2, -0.15) is 0 Å². The summed E-state index contributed by atoms with van der Waals surface area (Å²) in [5.74, 6) is 1.96. The Morgan fingerprint density at radius 3 is 2.75 bits per heavy atom. The van der Waals surface area contributed by atoms with Crippen LogP contribution in [0, 0.1) is 5.92 Å². The first-order valence-corrected chi connectivity index (χ1v) is 11.7. The molecule has 1 saturated heterocycles. The van der Waals surface area contributed by atoms with E-state index >= 15 is 0 Å². The van der Waals surface area contributed by atoms with Gasteiger partial charge in [0.1, 0.15) is 5.82 Å². The molecule has 5 rings (SSSR count). The van der Waals surface area contributed by atoms with Crippen LogP contribution in [0.5, 0.6) is 0 Å². The van der Waals surface area contributed by atoms with Crippen LogP contribution in [-0.2, 0) is 24.1 Å². The van der Waals surface area contributed by atoms with Crippen LogP contribution in [0.15, 0.2) is 54.7 Å². The third kappa shape index (κ3) is 4.49. The predicted molar refractivity (Wildman–Crippen MR) is 125 cm³/mol. The Morgan fingerprint density at radius 2 is 1.91 bits per heavy atom. The Balaban J connectivity index is 1.30. The highest BCUT2D eigenvalue weighted by atomic mass is 16.1. The number of pyridine rings is 1. The first kappa shape index (κ1) is 20.6. The van der Waals surface area contributed by atoms with E-state index in [4.69, 9.17) is 9.97 Å². The molecule has 1 aliphatic carbocycles. The fourth-order valence-electron chi connectivity index (χ4n) is 4.78. The maximum Gasteiger partial charge on any atom is 0.224 e. The molecule has 1 aliphatic heterocycles. The molecule has 3 aromatic rings. The topological polar surface area (TPSA) is 71.0 Å². The van der Waals surface area contributed by atoms with Gasteiger partial charge >= 0.3 is 0 Å². The average molecular weight is 428 g/mol. The number of rotatable bonds is 6. The highest BCUT2D eigenvalue weighted by molar-refractivity contribution is 5.79. The van der Waals surface area contributed by atoms with Crippen molar-refractivity contribution in [3.8, 4) is 11.4 Å². The molecule has 0 saturated carbocycles. The Bertz CT molecular complexity index is 1070. The van der Waals surface area contributed by atoms with Crippen molar-refractivity contribution >= 4 is 11.7 Å². The number of anilines is 1. The highest BCUT2D eigenvalue weighted by Crippen LogP contribution is 2.33. The van der Waals surface area contributed by atoms with Crippen LogP contribution in [0.1, 0.15) is 36.2 Å². The van der Waals surface area contributed by atoms with E-state index in [1.165, 1.54) is 11.3 Å². The van der Waals surface area contributed by atoms with Crippen LogP contribution in [0.2, 0.25) is 0 Å². The molecule has 0 spiro atoms. The number of nitrogens with zero attached hydrogens (tertiary/aromatic N) is 4. The molecule has 164 valence electrons. The van der Waals surface area contributed by atoms with E-state index in [9.17, 15) is 4.79 Å². The van der Waals surface area contributed by atoms with E-state index < -0.39 is 0 Å². The molecule has 2 aromatic heterocycles. The standard InChI is InChI=1S/C26H29N5O/c32-26(28-16-14-21-11-4-5-15-27-21)20-10-7-17-31(18-20)25-22-12-6-13-23(22)29-24(30-25)19-8-2-1-3-9-19/h1-5,8-9,11,15,20H,6-7,10,12-14,16-18H2,(H,28,32). The minimum atomic E-state index is -0.0142. The molecule has 32 heavy (non-hydrogen) atoms. The van der Waals surface area contributed by atoms with Crippen molar-refractivity contribution in [1.82, 2.24) is 20.3 Å². The van der Waals surface area contributed by atoms with Gasteiger partial charge in [0.05, 0.1) is 5.92 Å². The quantitative estimate of drug-likeness (QED) is 0.651. The number of carbonyl (C=O) groups excluding carboxylic acids is 1. The average Bonchev–Trinajstić information content (AvgIpc) is 3.33. The summed E-state index contributed by atoms with van der Waals surface area (Å²) in [6.45, 7) is 2.27. The normalized spacial score (nSPS) is 17.8. The van der Waals surface area contributed by atoms with Gasteiger partial charge in [-0.05, 0) is 44.2 Å². The smallest absolute Gasteiger partial charge is 0.224 e. The Labute approximate surface area is 189 Å². The summed E-state index contributed by atoms with van der Waals surface area (Å²) in [5.41, 5.74) is 4.50. The lowest BCUT2D eigenvalue weighted by molar-refractivity contribution is -0.125. The molecule has 1 fully saturated rings. The second kappa shape index (κ2) is 9.47. The lowest BCUT2D eigenvalue weighted by Gasteiger charge is -2.34. The molecule has 1 atom stereocenters. The Kier molecular flexibility index (Phi) is 6.10. The van der Waals surface area contributed by atoms with E-state index in [0.717, 1.165) is 68.0 Å². The molecule has 0 radical (unpaired) electrons. The third-order valence-corrected chi connectivity index (χ3v) is 6.44. The summed E-state index contributed by atoms with van der Waals surface area (Å²) in [7, 11) is 0. The van der Waals surface area contributed by atoms with E-state index in [-0.39, 0.29) is 11.8 Å². The summed E-state index contributed by atoms with van der Waals surface area (Å²) < 4.78 is 0. The molecule has 1 unspecified atom stereocenters. The zero-order chi connectivity index (χ0) is 21.8. The van der Waals surface area contributed by atoms with Gasteiger partial charge in [0.25, 0.3) is 0 Å². The zero-order valence-corrected chi connectivity index (χ0v) is 18.3. The maximum absolute atomic E-state index is 12.9. The number of aromatic nitrogens is 3. The van der Waals surface area contributed by atoms with Crippen LogP contribution in [0.4, 0.5) is 5.82 Å². The van der Waals surface area contributed by atoms with E-state index in [1.807, 2.05) is 36.4 Å². The molecule has 1 amide bonds. The van der Waals surface area contributed by atoms with Gasteiger partial charge in [0.2, 0.25) is 5.91 Å². The van der Waals surface area contributed by atoms with E-state index in [0.29, 0.717) is 13.1 Å². The van der Waals surface area contributed by atoms with Crippen LogP contribution < -0.4 is 10.2 Å². The first-order chi connectivity index (χ1) is 15.8. The molecule has 1 N–H and O–H groups in total. The van der Waals surface area contributed by atoms with Crippen LogP contribution in [-0.4, -0.2) is 40.5 Å². The van der Waals surface area contributed by atoms with Crippen molar-refractivity contribution in [2.45, 2.75) is 38.5 Å². The summed E-state index contributed by atoms with van der Waals surface area (Å²) in [4.78, 5) is 29.4. The van der Waals surface area contributed by atoms with Gasteiger partial charge in [-0.1, -0.05) is 36.4 Å². The van der Waals surface area contributed by atoms with Gasteiger partial charge in [-0.25, -0.2) is 9.97 Å². The van der Waals surface area contributed by atoms with Crippen molar-refractivity contribution < 1.29 is 4.79 Å². The van der Waals surface area contributed by atoms with Crippen LogP contribution in [0.3, 0.4) is 0 Å². The fourth-order valence-corrected chi connectivity index (χ4v) is 4.78. The van der Waals surface area contributed by atoms with E-state index in [2.05, 4.69) is 27.3 Å². The zero-order valence-electron chi connectivity index (χ0n) is 18.3. The van der Waals surface area contributed by atoms with Gasteiger partial charge in [0.15, 0.2) is 5.82 Å². The summed E-state index contributed by atoms with van der Waals surface area (Å²) in [6, 6.07) is 16.1. The summed E-state index contributed by atoms with van der Waals surface area (Å²) in [5, 5.41) is 3.12. The largest absolute Gasteiger partial charge is 0.355 e. The molecule has 2 aliphatic rings. The number of benzene rings is 1. The third-order valence-electron chi connectivity index (χ3n) is 6.44. The van der Waals surface area contributed by atoms with Crippen LogP contribution >= 0.6 is 0 Å². The van der Waals surface area contributed by atoms with Gasteiger partial charge in [-0.3, -0.25) is 9.78 Å². The highest BCUT2D eigenvalue weighted by Gasteiger charge is 2.30. The molecular formula is C26H29N5O. The SMILES string of the molecule is O=C(NCCc1ccccn1)C1CCCN(c2nc(-c3ccccc3)nc3c2CCC3)C1. The van der Waals surface area contributed by atoms with Crippen molar-refractivity contribution in [3.05, 3.63) is 71.7 Å². The minimum absolute atomic E-state index is 0.0142. The number of aryl methyl sites for hydroxylation is 1. The fraction of sp³-hybridized carbons (Fsp3) is 0.385. The lowest BCUT2D eigenvalue weighted by atomic mass is 9.96. The number of amides is 1. The second-order valence-electron chi connectivity index (χ2n) is 8.66. The summed E-state index contributed by atoms with van der Waals surface area (Å²) in [6.07, 6.45) is 7.62. The molecule has 0 bridgehead atoms. The van der Waals surface area contributed by atoms with Crippen molar-refractivity contribution in [3.63, 3.8) is 0 Å². The summed E-state index contributed by atoms with van der Waals surface area (Å²) >= 11 is 0. The minimum Gasteiger partial charge on any atom is -0.355 e. The number of carbonyl (C=O) groups is 1. The Morgan fingerprint density at radius 1 is 1.03 bits per heavy atom. The van der Waals surface area contributed by atoms with Crippen molar-refractivity contribution in [2.75, 3.05) is 24.5 Å². The van der Waals surface area contributed by atoms with Crippen molar-refractivity contribution in [2.24, 2.45) is 5.92 Å². The Hall–Kier alpha value is -3.28. The monoisotopic (exact) mass is 427 g/mol. The number of nitrogens with one attached hydrogen (secondary N) is 1. The van der Waals surface area contributed by atoms with E-state index in [1.54, 1.807) is 6.20 Å². The van der Waals surface area contributed by atoms with Gasteiger partial charge in [-0.15, -0.1) is 0 Å². The van der Waals surface area contributed by atoms with Crippen LogP contribution in [0.25, 0.3) is 11.4 Å². The molecule has 6 heteroatoms. The van der Waals surface area contributed by atoms with Crippen molar-refractivity contribution in [1.29, 1.82) is 0 Å². The molecular weight excluding hydrogens is 398 g/mol. The number of fused-ring (bicyclic) bond motifs is 1. The number of hydrogen-bond acceptors (Lipinski definition) is 5. The number of piperidine rings is 1. The maximum atomic E-state index is 12.9. The molecule has 3 heterocycles. The van der Waals surface area contributed by atoms with Gasteiger partial charge in [0, 0.05) is 54.8 Å². The molecule has 1 aromatic carbocycles. The number of hydrogen-bond donors (Lipinski definition) is 1. The first-order valence-electron chi connectivity index (χ1n) is 11.7.